The van der Waals surface area contributed by atoms with Gasteiger partial charge >= 0.3 is 0 Å². The number of hydrogen-bond acceptors (Lipinski definition) is 5. The third kappa shape index (κ3) is 3.79. The zero-order valence-corrected chi connectivity index (χ0v) is 15.3. The number of likely N-dealkylation sites (tertiary alicyclic amines) is 1. The third-order valence-corrected chi connectivity index (χ3v) is 5.23. The lowest BCUT2D eigenvalue weighted by Crippen LogP contribution is -2.44. The number of amides is 3. The van der Waals surface area contributed by atoms with E-state index in [0.29, 0.717) is 22.6 Å². The van der Waals surface area contributed by atoms with E-state index in [-0.39, 0.29) is 17.4 Å². The van der Waals surface area contributed by atoms with Crippen LogP contribution in [0.1, 0.15) is 25.0 Å². The van der Waals surface area contributed by atoms with Crippen molar-refractivity contribution in [2.75, 3.05) is 19.6 Å². The molecule has 8 heteroatoms. The standard InChI is InChI=1S/C15H15IN2O4S/c16-12-5-4-10(22-12)8-11-14(20)18(15(21)23-11)9-13(19)17-6-2-1-3-7-17/h4-5,8H,1-3,6-7,9H2/b11-8-. The maximum Gasteiger partial charge on any atom is 0.294 e. The minimum atomic E-state index is -0.434. The molecule has 3 heterocycles. The number of rotatable bonds is 3. The van der Waals surface area contributed by atoms with Crippen molar-refractivity contribution in [3.63, 3.8) is 0 Å². The van der Waals surface area contributed by atoms with Gasteiger partial charge in [-0.15, -0.1) is 0 Å². The van der Waals surface area contributed by atoms with Crippen molar-refractivity contribution in [1.82, 2.24) is 9.80 Å². The number of nitrogens with zero attached hydrogens (tertiary/aromatic N) is 2. The van der Waals surface area contributed by atoms with Gasteiger partial charge in [0.25, 0.3) is 11.1 Å². The van der Waals surface area contributed by atoms with Crippen molar-refractivity contribution in [2.24, 2.45) is 0 Å². The quantitative estimate of drug-likeness (QED) is 0.528. The summed E-state index contributed by atoms with van der Waals surface area (Å²) in [6.45, 7) is 1.23. The summed E-state index contributed by atoms with van der Waals surface area (Å²) in [7, 11) is 0. The Bertz CT molecular complexity index is 679. The predicted octanol–water partition coefficient (Wildman–Crippen LogP) is 2.93. The second kappa shape index (κ2) is 7.08. The summed E-state index contributed by atoms with van der Waals surface area (Å²) in [6.07, 6.45) is 4.61. The van der Waals surface area contributed by atoms with Crippen molar-refractivity contribution in [1.29, 1.82) is 0 Å². The molecule has 1 aromatic rings. The van der Waals surface area contributed by atoms with Crippen LogP contribution in [0.25, 0.3) is 6.08 Å². The molecule has 122 valence electrons. The topological polar surface area (TPSA) is 70.8 Å². The van der Waals surface area contributed by atoms with Gasteiger partial charge in [-0.2, -0.15) is 0 Å². The van der Waals surface area contributed by atoms with E-state index in [4.69, 9.17) is 4.42 Å². The molecule has 2 fully saturated rings. The second-order valence-corrected chi connectivity index (χ2v) is 7.41. The molecule has 0 radical (unpaired) electrons. The molecule has 3 amide bonds. The van der Waals surface area contributed by atoms with Gasteiger partial charge in [0.15, 0.2) is 3.77 Å². The van der Waals surface area contributed by atoms with Crippen LogP contribution in [0.15, 0.2) is 21.5 Å². The van der Waals surface area contributed by atoms with Crippen LogP contribution in [0.2, 0.25) is 0 Å². The number of halogens is 1. The van der Waals surface area contributed by atoms with Gasteiger partial charge in [-0.05, 0) is 65.7 Å². The lowest BCUT2D eigenvalue weighted by Gasteiger charge is -2.27. The monoisotopic (exact) mass is 446 g/mol. The molecule has 0 atom stereocenters. The first-order chi connectivity index (χ1) is 11.0. The molecule has 0 spiro atoms. The average Bonchev–Trinajstić information content (AvgIpc) is 3.07. The van der Waals surface area contributed by atoms with Crippen LogP contribution < -0.4 is 0 Å². The molecule has 2 aliphatic heterocycles. The number of imide groups is 1. The van der Waals surface area contributed by atoms with Gasteiger partial charge in [-0.3, -0.25) is 19.3 Å². The molecule has 23 heavy (non-hydrogen) atoms. The molecule has 2 aliphatic rings. The fourth-order valence-electron chi connectivity index (χ4n) is 2.55. The van der Waals surface area contributed by atoms with Crippen LogP contribution in [0, 0.1) is 3.77 Å². The zero-order chi connectivity index (χ0) is 16.4. The smallest absolute Gasteiger partial charge is 0.294 e. The Morgan fingerprint density at radius 1 is 1.26 bits per heavy atom. The number of carbonyl (C=O) groups excluding carboxylic acids is 3. The average molecular weight is 446 g/mol. The first-order valence-corrected chi connectivity index (χ1v) is 9.22. The zero-order valence-electron chi connectivity index (χ0n) is 12.3. The Kier molecular flexibility index (Phi) is 5.10. The van der Waals surface area contributed by atoms with Gasteiger partial charge in [0.05, 0.1) is 4.91 Å². The molecule has 0 aliphatic carbocycles. The Morgan fingerprint density at radius 3 is 2.65 bits per heavy atom. The van der Waals surface area contributed by atoms with E-state index < -0.39 is 11.1 Å². The largest absolute Gasteiger partial charge is 0.451 e. The fraction of sp³-hybridized carbons (Fsp3) is 0.400. The molecule has 0 N–H and O–H groups in total. The summed E-state index contributed by atoms with van der Waals surface area (Å²) < 4.78 is 6.08. The Hall–Kier alpha value is -1.29. The highest BCUT2D eigenvalue weighted by molar-refractivity contribution is 14.1. The SMILES string of the molecule is O=C(CN1C(=O)S/C(=C\c2ccc(I)o2)C1=O)N1CCCCC1. The summed E-state index contributed by atoms with van der Waals surface area (Å²) in [4.78, 5) is 39.7. The lowest BCUT2D eigenvalue weighted by atomic mass is 10.1. The molecule has 0 aromatic carbocycles. The van der Waals surface area contributed by atoms with E-state index in [1.54, 1.807) is 23.1 Å². The maximum absolute atomic E-state index is 12.3. The Labute approximate surface area is 151 Å². The molecule has 0 unspecified atom stereocenters. The summed E-state index contributed by atoms with van der Waals surface area (Å²) in [5.74, 6) is -0.0835. The fourth-order valence-corrected chi connectivity index (χ4v) is 3.80. The summed E-state index contributed by atoms with van der Waals surface area (Å²) in [5.41, 5.74) is 0. The van der Waals surface area contributed by atoms with Crippen molar-refractivity contribution in [3.8, 4) is 0 Å². The molecule has 0 saturated carbocycles. The summed E-state index contributed by atoms with van der Waals surface area (Å²) >= 11 is 2.87. The summed E-state index contributed by atoms with van der Waals surface area (Å²) in [5, 5.41) is -0.409. The van der Waals surface area contributed by atoms with Crippen LogP contribution in [0.3, 0.4) is 0 Å². The van der Waals surface area contributed by atoms with E-state index in [1.165, 1.54) is 0 Å². The molecule has 3 rings (SSSR count). The van der Waals surface area contributed by atoms with Gasteiger partial charge in [0.2, 0.25) is 5.91 Å². The second-order valence-electron chi connectivity index (χ2n) is 5.35. The highest BCUT2D eigenvalue weighted by Crippen LogP contribution is 2.32. The van der Waals surface area contributed by atoms with Gasteiger partial charge in [-0.1, -0.05) is 0 Å². The van der Waals surface area contributed by atoms with Crippen LogP contribution in [-0.2, 0) is 9.59 Å². The normalized spacial score (nSPS) is 20.7. The Balaban J connectivity index is 1.68. The van der Waals surface area contributed by atoms with E-state index in [1.807, 2.05) is 22.6 Å². The van der Waals surface area contributed by atoms with E-state index in [2.05, 4.69) is 0 Å². The first kappa shape index (κ1) is 16.6. The van der Waals surface area contributed by atoms with E-state index in [0.717, 1.165) is 35.9 Å². The molecule has 6 nitrogen and oxygen atoms in total. The number of furan rings is 1. The number of piperidine rings is 1. The minimum Gasteiger partial charge on any atom is -0.451 e. The molecular formula is C15H15IN2O4S. The van der Waals surface area contributed by atoms with Gasteiger partial charge < -0.3 is 9.32 Å². The first-order valence-electron chi connectivity index (χ1n) is 7.33. The van der Waals surface area contributed by atoms with Crippen LogP contribution in [-0.4, -0.2) is 46.5 Å². The highest BCUT2D eigenvalue weighted by Gasteiger charge is 2.37. The highest BCUT2D eigenvalue weighted by atomic mass is 127. The molecular weight excluding hydrogens is 431 g/mol. The van der Waals surface area contributed by atoms with E-state index >= 15 is 0 Å². The van der Waals surface area contributed by atoms with Gasteiger partial charge in [0.1, 0.15) is 12.3 Å². The van der Waals surface area contributed by atoms with Crippen LogP contribution in [0.5, 0.6) is 0 Å². The van der Waals surface area contributed by atoms with Crippen molar-refractivity contribution in [3.05, 3.63) is 26.6 Å². The van der Waals surface area contributed by atoms with Crippen molar-refractivity contribution < 1.29 is 18.8 Å². The minimum absolute atomic E-state index is 0.166. The molecule has 0 bridgehead atoms. The third-order valence-electron chi connectivity index (χ3n) is 3.74. The number of thioether (sulfide) groups is 1. The number of hydrogen-bond donors (Lipinski definition) is 0. The van der Waals surface area contributed by atoms with E-state index in [9.17, 15) is 14.4 Å². The molecule has 1 aromatic heterocycles. The molecule has 2 saturated heterocycles. The predicted molar refractivity (Wildman–Crippen MR) is 94.5 cm³/mol. The number of carbonyl (C=O) groups is 3. The van der Waals surface area contributed by atoms with Crippen molar-refractivity contribution >= 4 is 57.5 Å². The van der Waals surface area contributed by atoms with Crippen LogP contribution >= 0.6 is 34.4 Å². The van der Waals surface area contributed by atoms with Crippen LogP contribution in [0.4, 0.5) is 4.79 Å². The van der Waals surface area contributed by atoms with Gasteiger partial charge in [-0.25, -0.2) is 0 Å². The summed E-state index contributed by atoms with van der Waals surface area (Å²) in [6, 6.07) is 3.51. The van der Waals surface area contributed by atoms with Crippen molar-refractivity contribution in [2.45, 2.75) is 19.3 Å². The lowest BCUT2D eigenvalue weighted by molar-refractivity contribution is -0.136. The Morgan fingerprint density at radius 2 is 2.00 bits per heavy atom. The van der Waals surface area contributed by atoms with Gasteiger partial charge in [0, 0.05) is 19.2 Å². The maximum atomic E-state index is 12.3.